The Morgan fingerprint density at radius 3 is 2.75 bits per heavy atom. The van der Waals surface area contributed by atoms with Crippen molar-refractivity contribution in [1.82, 2.24) is 9.55 Å². The first-order valence-electron chi connectivity index (χ1n) is 5.79. The smallest absolute Gasteiger partial charge is 0.449 e. The molecule has 0 saturated heterocycles. The second-order valence-electron chi connectivity index (χ2n) is 4.46. The third-order valence-corrected chi connectivity index (χ3v) is 3.69. The zero-order valence-electron chi connectivity index (χ0n) is 9.97. The molecule has 2 aromatic heterocycles. The van der Waals surface area contributed by atoms with Gasteiger partial charge in [0.2, 0.25) is 5.43 Å². The van der Waals surface area contributed by atoms with E-state index in [1.54, 1.807) is 4.57 Å². The average molecular weight is 315 g/mol. The lowest BCUT2D eigenvalue weighted by Crippen LogP contribution is -2.16. The third kappa shape index (κ3) is 2.21. The molecule has 2 aromatic rings. The lowest BCUT2D eigenvalue weighted by molar-refractivity contribution is 0.143. The van der Waals surface area contributed by atoms with Gasteiger partial charge in [0.1, 0.15) is 10.8 Å². The summed E-state index contributed by atoms with van der Waals surface area (Å²) >= 11 is 11.7. The molecule has 2 heterocycles. The predicted octanol–water partition coefficient (Wildman–Crippen LogP) is 3.10. The third-order valence-electron chi connectivity index (χ3n) is 3.02. The van der Waals surface area contributed by atoms with Crippen LogP contribution < -0.4 is 10.2 Å². The van der Waals surface area contributed by atoms with Gasteiger partial charge in [-0.2, -0.15) is 0 Å². The summed E-state index contributed by atoms with van der Waals surface area (Å²) in [6.45, 7) is 0. The Kier molecular flexibility index (Phi) is 3.07. The molecule has 0 atom stereocenters. The van der Waals surface area contributed by atoms with Gasteiger partial charge in [0, 0.05) is 6.04 Å². The number of aromatic nitrogens is 2. The van der Waals surface area contributed by atoms with E-state index in [2.05, 4.69) is 9.72 Å². The number of hydrogen-bond donors (Lipinski definition) is 1. The minimum Gasteiger partial charge on any atom is -0.449 e. The highest BCUT2D eigenvalue weighted by Gasteiger charge is 2.27. The predicted molar refractivity (Wildman–Crippen MR) is 72.9 cm³/mol. The molecule has 0 unspecified atom stereocenters. The maximum atomic E-state index is 12.2. The maximum absolute atomic E-state index is 12.2. The first-order chi connectivity index (χ1) is 9.47. The number of pyridine rings is 2. The van der Waals surface area contributed by atoms with E-state index < -0.39 is 11.6 Å². The summed E-state index contributed by atoms with van der Waals surface area (Å²) in [4.78, 5) is 26.9. The standard InChI is InChI=1S/C12H8Cl2N2O4/c13-7-3-6-9(17)8(20-12(18)19)4-16(5-1-2-5)11(6)15-10(7)14/h3-5H,1-2H2,(H,18,19). The van der Waals surface area contributed by atoms with Gasteiger partial charge in [-0.15, -0.1) is 0 Å². The maximum Gasteiger partial charge on any atom is 0.511 e. The molecule has 6 nitrogen and oxygen atoms in total. The van der Waals surface area contributed by atoms with Crippen LogP contribution in [0.4, 0.5) is 4.79 Å². The van der Waals surface area contributed by atoms with Crippen LogP contribution in [0.3, 0.4) is 0 Å². The van der Waals surface area contributed by atoms with Crippen LogP contribution in [0.5, 0.6) is 5.75 Å². The van der Waals surface area contributed by atoms with Crippen molar-refractivity contribution in [1.29, 1.82) is 0 Å². The van der Waals surface area contributed by atoms with E-state index in [1.165, 1.54) is 12.3 Å². The van der Waals surface area contributed by atoms with Crippen LogP contribution in [0.25, 0.3) is 11.0 Å². The molecule has 3 rings (SSSR count). The molecule has 1 saturated carbocycles. The second kappa shape index (κ2) is 4.64. The summed E-state index contributed by atoms with van der Waals surface area (Å²) in [7, 11) is 0. The Hall–Kier alpha value is -1.79. The topological polar surface area (TPSA) is 81.4 Å². The van der Waals surface area contributed by atoms with Crippen LogP contribution in [0.1, 0.15) is 18.9 Å². The molecule has 1 N–H and O–H groups in total. The number of carboxylic acid groups (broad SMARTS) is 1. The van der Waals surface area contributed by atoms with Gasteiger partial charge in [0.25, 0.3) is 0 Å². The molecular weight excluding hydrogens is 307 g/mol. The zero-order chi connectivity index (χ0) is 14.4. The van der Waals surface area contributed by atoms with Gasteiger partial charge in [-0.25, -0.2) is 9.78 Å². The van der Waals surface area contributed by atoms with Crippen LogP contribution in [-0.4, -0.2) is 20.8 Å². The Balaban J connectivity index is 2.33. The Labute approximate surface area is 122 Å². The molecule has 104 valence electrons. The summed E-state index contributed by atoms with van der Waals surface area (Å²) in [6.07, 6.45) is 1.66. The highest BCUT2D eigenvalue weighted by Crippen LogP contribution is 2.38. The molecular formula is C12H8Cl2N2O4. The Morgan fingerprint density at radius 1 is 1.45 bits per heavy atom. The lowest BCUT2D eigenvalue weighted by atomic mass is 10.2. The van der Waals surface area contributed by atoms with E-state index in [4.69, 9.17) is 28.3 Å². The van der Waals surface area contributed by atoms with E-state index in [0.717, 1.165) is 12.8 Å². The Morgan fingerprint density at radius 2 is 2.15 bits per heavy atom. The van der Waals surface area contributed by atoms with Crippen molar-refractivity contribution in [3.63, 3.8) is 0 Å². The molecule has 0 amide bonds. The zero-order valence-corrected chi connectivity index (χ0v) is 11.5. The second-order valence-corrected chi connectivity index (χ2v) is 5.23. The molecule has 0 bridgehead atoms. The molecule has 20 heavy (non-hydrogen) atoms. The fourth-order valence-corrected chi connectivity index (χ4v) is 2.28. The van der Waals surface area contributed by atoms with Crippen LogP contribution in [-0.2, 0) is 0 Å². The molecule has 1 aliphatic rings. The van der Waals surface area contributed by atoms with Crippen molar-refractivity contribution in [2.24, 2.45) is 0 Å². The van der Waals surface area contributed by atoms with Gasteiger partial charge in [-0.05, 0) is 18.9 Å². The summed E-state index contributed by atoms with van der Waals surface area (Å²) < 4.78 is 6.23. The van der Waals surface area contributed by atoms with Crippen molar-refractivity contribution in [3.05, 3.63) is 32.7 Å². The molecule has 0 radical (unpaired) electrons. The molecule has 1 aliphatic carbocycles. The van der Waals surface area contributed by atoms with Crippen LogP contribution in [0, 0.1) is 0 Å². The van der Waals surface area contributed by atoms with Crippen molar-refractivity contribution in [2.75, 3.05) is 0 Å². The van der Waals surface area contributed by atoms with Crippen LogP contribution in [0.15, 0.2) is 17.1 Å². The van der Waals surface area contributed by atoms with Crippen LogP contribution in [0.2, 0.25) is 10.2 Å². The molecule has 1 fully saturated rings. The van der Waals surface area contributed by atoms with E-state index in [1.807, 2.05) is 0 Å². The highest BCUT2D eigenvalue weighted by atomic mass is 35.5. The fraction of sp³-hybridized carbons (Fsp3) is 0.250. The largest absolute Gasteiger partial charge is 0.511 e. The lowest BCUT2D eigenvalue weighted by Gasteiger charge is -2.11. The van der Waals surface area contributed by atoms with E-state index >= 15 is 0 Å². The van der Waals surface area contributed by atoms with E-state index in [-0.39, 0.29) is 27.4 Å². The van der Waals surface area contributed by atoms with Gasteiger partial charge in [-0.3, -0.25) is 4.79 Å². The fourth-order valence-electron chi connectivity index (χ4n) is 2.00. The minimum absolute atomic E-state index is 0.0971. The van der Waals surface area contributed by atoms with Crippen LogP contribution >= 0.6 is 23.2 Å². The monoisotopic (exact) mass is 314 g/mol. The summed E-state index contributed by atoms with van der Waals surface area (Å²) in [5.74, 6) is -0.267. The van der Waals surface area contributed by atoms with Crippen molar-refractivity contribution < 1.29 is 14.6 Å². The number of rotatable bonds is 2. The van der Waals surface area contributed by atoms with Gasteiger partial charge in [0.15, 0.2) is 5.75 Å². The summed E-state index contributed by atoms with van der Waals surface area (Å²) in [6, 6.07) is 1.54. The quantitative estimate of drug-likeness (QED) is 0.680. The van der Waals surface area contributed by atoms with Gasteiger partial charge >= 0.3 is 6.16 Å². The van der Waals surface area contributed by atoms with Crippen molar-refractivity contribution >= 4 is 40.4 Å². The number of carbonyl (C=O) groups is 1. The average Bonchev–Trinajstić information content (AvgIpc) is 3.19. The van der Waals surface area contributed by atoms with E-state index in [0.29, 0.717) is 5.65 Å². The van der Waals surface area contributed by atoms with Gasteiger partial charge in [0.05, 0.1) is 16.6 Å². The first kappa shape index (κ1) is 13.2. The van der Waals surface area contributed by atoms with E-state index in [9.17, 15) is 9.59 Å². The summed E-state index contributed by atoms with van der Waals surface area (Å²) in [5.41, 5.74) is -0.199. The Bertz CT molecular complexity index is 783. The normalized spacial score (nSPS) is 14.5. The van der Waals surface area contributed by atoms with Crippen molar-refractivity contribution in [2.45, 2.75) is 18.9 Å². The number of fused-ring (bicyclic) bond motifs is 1. The molecule has 0 spiro atoms. The molecule has 0 aromatic carbocycles. The number of ether oxygens (including phenoxy) is 1. The number of nitrogens with zero attached hydrogens (tertiary/aromatic N) is 2. The first-order valence-corrected chi connectivity index (χ1v) is 6.54. The molecule has 8 heteroatoms. The van der Waals surface area contributed by atoms with Gasteiger partial charge in [-0.1, -0.05) is 23.2 Å². The highest BCUT2D eigenvalue weighted by molar-refractivity contribution is 6.41. The summed E-state index contributed by atoms with van der Waals surface area (Å²) in [5, 5.41) is 9.09. The number of halogens is 2. The van der Waals surface area contributed by atoms with Crippen molar-refractivity contribution in [3.8, 4) is 5.75 Å². The van der Waals surface area contributed by atoms with Gasteiger partial charge < -0.3 is 14.4 Å². The minimum atomic E-state index is -1.54. The number of hydrogen-bond acceptors (Lipinski definition) is 4. The molecule has 0 aliphatic heterocycles. The SMILES string of the molecule is O=C(O)Oc1cn(C2CC2)c2nc(Cl)c(Cl)cc2c1=O.